The number of hydrogen-bond donors (Lipinski definition) is 1. The molecular formula is C24H23NO4. The molecule has 29 heavy (non-hydrogen) atoms. The Hall–Kier alpha value is -3.60. The molecule has 0 bridgehead atoms. The van der Waals surface area contributed by atoms with Gasteiger partial charge in [-0.2, -0.15) is 0 Å². The van der Waals surface area contributed by atoms with Crippen molar-refractivity contribution in [3.8, 4) is 16.9 Å². The number of anilines is 1. The van der Waals surface area contributed by atoms with E-state index in [1.54, 1.807) is 6.07 Å². The Bertz CT molecular complexity index is 999. The van der Waals surface area contributed by atoms with Gasteiger partial charge in [-0.1, -0.05) is 54.6 Å². The quantitative estimate of drug-likeness (QED) is 0.603. The van der Waals surface area contributed by atoms with Crippen molar-refractivity contribution < 1.29 is 19.1 Å². The molecule has 0 saturated heterocycles. The van der Waals surface area contributed by atoms with E-state index < -0.39 is 11.9 Å². The highest BCUT2D eigenvalue weighted by molar-refractivity contribution is 5.93. The van der Waals surface area contributed by atoms with Crippen LogP contribution in [0.1, 0.15) is 11.1 Å². The number of benzene rings is 3. The molecule has 3 rings (SSSR count). The summed E-state index contributed by atoms with van der Waals surface area (Å²) in [4.78, 5) is 24.0. The first-order valence-electron chi connectivity index (χ1n) is 9.33. The summed E-state index contributed by atoms with van der Waals surface area (Å²) in [5.41, 5.74) is 4.76. The summed E-state index contributed by atoms with van der Waals surface area (Å²) in [5.74, 6) is -0.426. The van der Waals surface area contributed by atoms with Crippen molar-refractivity contribution >= 4 is 17.6 Å². The van der Waals surface area contributed by atoms with Crippen LogP contribution >= 0.6 is 0 Å². The highest BCUT2D eigenvalue weighted by Gasteiger charge is 2.11. The minimum atomic E-state index is -0.608. The molecule has 3 aromatic rings. The summed E-state index contributed by atoms with van der Waals surface area (Å²) in [5, 5.41) is 2.71. The van der Waals surface area contributed by atoms with Gasteiger partial charge >= 0.3 is 5.97 Å². The lowest BCUT2D eigenvalue weighted by atomic mass is 10.1. The molecule has 5 heteroatoms. The van der Waals surface area contributed by atoms with Gasteiger partial charge in [-0.3, -0.25) is 4.79 Å². The number of ether oxygens (including phenoxy) is 2. The fraction of sp³-hybridized carbons (Fsp3) is 0.167. The third kappa shape index (κ3) is 5.69. The van der Waals surface area contributed by atoms with Gasteiger partial charge in [0.25, 0.3) is 5.91 Å². The zero-order chi connectivity index (χ0) is 20.6. The second kappa shape index (κ2) is 9.55. The molecule has 0 aromatic heterocycles. The van der Waals surface area contributed by atoms with E-state index in [-0.39, 0.29) is 13.2 Å². The standard InChI is InChI=1S/C24H23NO4/c1-17-12-13-20(14-18(17)2)25-23(26)15-29-24(27)16-28-22-11-7-6-10-21(22)19-8-4-3-5-9-19/h3-14H,15-16H2,1-2H3,(H,25,26). The molecule has 3 aromatic carbocycles. The van der Waals surface area contributed by atoms with E-state index in [2.05, 4.69) is 5.32 Å². The molecule has 148 valence electrons. The van der Waals surface area contributed by atoms with Gasteiger partial charge in [-0.25, -0.2) is 4.79 Å². The number of carbonyl (C=O) groups excluding carboxylic acids is 2. The van der Waals surface area contributed by atoms with Crippen molar-refractivity contribution in [3.05, 3.63) is 83.9 Å². The zero-order valence-corrected chi connectivity index (χ0v) is 16.5. The first-order valence-corrected chi connectivity index (χ1v) is 9.33. The van der Waals surface area contributed by atoms with Gasteiger partial charge in [0.15, 0.2) is 13.2 Å². The average Bonchev–Trinajstić information content (AvgIpc) is 2.74. The van der Waals surface area contributed by atoms with E-state index in [1.807, 2.05) is 80.6 Å². The second-order valence-electron chi connectivity index (χ2n) is 6.66. The van der Waals surface area contributed by atoms with Crippen molar-refractivity contribution in [2.24, 2.45) is 0 Å². The number of para-hydroxylation sites is 1. The van der Waals surface area contributed by atoms with Gasteiger partial charge in [-0.05, 0) is 48.7 Å². The van der Waals surface area contributed by atoms with Crippen LogP contribution in [0.2, 0.25) is 0 Å². The van der Waals surface area contributed by atoms with Crippen LogP contribution < -0.4 is 10.1 Å². The lowest BCUT2D eigenvalue weighted by Crippen LogP contribution is -2.23. The van der Waals surface area contributed by atoms with Crippen LogP contribution in [0.4, 0.5) is 5.69 Å². The van der Waals surface area contributed by atoms with Crippen LogP contribution in [0, 0.1) is 13.8 Å². The second-order valence-corrected chi connectivity index (χ2v) is 6.66. The summed E-state index contributed by atoms with van der Waals surface area (Å²) < 4.78 is 10.6. The Labute approximate surface area is 170 Å². The van der Waals surface area contributed by atoms with Gasteiger partial charge < -0.3 is 14.8 Å². The van der Waals surface area contributed by atoms with E-state index in [0.29, 0.717) is 11.4 Å². The van der Waals surface area contributed by atoms with Gasteiger partial charge in [0.2, 0.25) is 0 Å². The topological polar surface area (TPSA) is 64.6 Å². The van der Waals surface area contributed by atoms with E-state index in [0.717, 1.165) is 22.3 Å². The van der Waals surface area contributed by atoms with Crippen molar-refractivity contribution in [2.45, 2.75) is 13.8 Å². The number of rotatable bonds is 7. The first-order chi connectivity index (χ1) is 14.0. The zero-order valence-electron chi connectivity index (χ0n) is 16.5. The molecular weight excluding hydrogens is 366 g/mol. The Kier molecular flexibility index (Phi) is 6.63. The fourth-order valence-corrected chi connectivity index (χ4v) is 2.79. The minimum Gasteiger partial charge on any atom is -0.481 e. The molecule has 1 amide bonds. The molecule has 1 N–H and O–H groups in total. The molecule has 0 radical (unpaired) electrons. The molecule has 5 nitrogen and oxygen atoms in total. The molecule has 0 saturated carbocycles. The van der Waals surface area contributed by atoms with Crippen LogP contribution in [0.25, 0.3) is 11.1 Å². The van der Waals surface area contributed by atoms with Gasteiger partial charge in [0.05, 0.1) is 0 Å². The maximum atomic E-state index is 12.0. The summed E-state index contributed by atoms with van der Waals surface area (Å²) in [6.07, 6.45) is 0. The van der Waals surface area contributed by atoms with Crippen molar-refractivity contribution in [1.82, 2.24) is 0 Å². The number of esters is 1. The highest BCUT2D eigenvalue weighted by atomic mass is 16.6. The SMILES string of the molecule is Cc1ccc(NC(=O)COC(=O)COc2ccccc2-c2ccccc2)cc1C. The van der Waals surface area contributed by atoms with Gasteiger partial charge in [0, 0.05) is 11.3 Å². The Morgan fingerprint density at radius 1 is 0.828 bits per heavy atom. The predicted molar refractivity (Wildman–Crippen MR) is 113 cm³/mol. The fourth-order valence-electron chi connectivity index (χ4n) is 2.79. The molecule has 0 unspecified atom stereocenters. The lowest BCUT2D eigenvalue weighted by Gasteiger charge is -2.12. The molecule has 0 heterocycles. The lowest BCUT2D eigenvalue weighted by molar-refractivity contribution is -0.149. The Morgan fingerprint density at radius 2 is 1.55 bits per heavy atom. The Balaban J connectivity index is 1.50. The van der Waals surface area contributed by atoms with Crippen LogP contribution in [0.5, 0.6) is 5.75 Å². The van der Waals surface area contributed by atoms with Crippen LogP contribution in [-0.4, -0.2) is 25.1 Å². The summed E-state index contributed by atoms with van der Waals surface area (Å²) >= 11 is 0. The van der Waals surface area contributed by atoms with E-state index >= 15 is 0 Å². The number of amides is 1. The predicted octanol–water partition coefficient (Wildman–Crippen LogP) is 4.53. The molecule has 0 spiro atoms. The van der Waals surface area contributed by atoms with E-state index in [9.17, 15) is 9.59 Å². The van der Waals surface area contributed by atoms with Crippen molar-refractivity contribution in [2.75, 3.05) is 18.5 Å². The molecule has 0 aliphatic heterocycles. The van der Waals surface area contributed by atoms with Crippen LogP contribution in [-0.2, 0) is 14.3 Å². The molecule has 0 aliphatic carbocycles. The smallest absolute Gasteiger partial charge is 0.344 e. The maximum absolute atomic E-state index is 12.0. The van der Waals surface area contributed by atoms with Crippen LogP contribution in [0.15, 0.2) is 72.8 Å². The van der Waals surface area contributed by atoms with Crippen LogP contribution in [0.3, 0.4) is 0 Å². The minimum absolute atomic E-state index is 0.277. The summed E-state index contributed by atoms with van der Waals surface area (Å²) in [6.45, 7) is 3.32. The monoisotopic (exact) mass is 389 g/mol. The summed E-state index contributed by atoms with van der Waals surface area (Å²) in [6, 6.07) is 22.8. The van der Waals surface area contributed by atoms with E-state index in [1.165, 1.54) is 0 Å². The average molecular weight is 389 g/mol. The molecule has 0 atom stereocenters. The molecule has 0 fully saturated rings. The summed E-state index contributed by atoms with van der Waals surface area (Å²) in [7, 11) is 0. The van der Waals surface area contributed by atoms with Gasteiger partial charge in [0.1, 0.15) is 5.75 Å². The number of carbonyl (C=O) groups is 2. The van der Waals surface area contributed by atoms with Crippen molar-refractivity contribution in [3.63, 3.8) is 0 Å². The number of hydrogen-bond acceptors (Lipinski definition) is 4. The third-order valence-corrected chi connectivity index (χ3v) is 4.47. The maximum Gasteiger partial charge on any atom is 0.344 e. The number of aryl methyl sites for hydroxylation is 2. The normalized spacial score (nSPS) is 10.3. The highest BCUT2D eigenvalue weighted by Crippen LogP contribution is 2.29. The van der Waals surface area contributed by atoms with Crippen molar-refractivity contribution in [1.29, 1.82) is 0 Å². The Morgan fingerprint density at radius 3 is 2.31 bits per heavy atom. The third-order valence-electron chi connectivity index (χ3n) is 4.47. The largest absolute Gasteiger partial charge is 0.481 e. The first kappa shape index (κ1) is 20.1. The van der Waals surface area contributed by atoms with E-state index in [4.69, 9.17) is 9.47 Å². The number of nitrogens with one attached hydrogen (secondary N) is 1. The van der Waals surface area contributed by atoms with Gasteiger partial charge in [-0.15, -0.1) is 0 Å². The molecule has 0 aliphatic rings.